The summed E-state index contributed by atoms with van der Waals surface area (Å²) < 4.78 is 41.4. The van der Waals surface area contributed by atoms with Gasteiger partial charge >= 0.3 is 12.1 Å². The van der Waals surface area contributed by atoms with E-state index in [4.69, 9.17) is 0 Å². The van der Waals surface area contributed by atoms with E-state index in [1.54, 1.807) is 11.9 Å². The molecule has 0 spiro atoms. The van der Waals surface area contributed by atoms with E-state index in [1.165, 1.54) is 24.3 Å². The van der Waals surface area contributed by atoms with Gasteiger partial charge in [-0.2, -0.15) is 18.2 Å². The Balaban J connectivity index is 2.19. The maximum absolute atomic E-state index is 12.4. The number of amides is 1. The van der Waals surface area contributed by atoms with E-state index in [0.29, 0.717) is 17.7 Å². The van der Waals surface area contributed by atoms with Crippen LogP contribution in [0.4, 0.5) is 13.2 Å². The molecule has 0 aliphatic carbocycles. The van der Waals surface area contributed by atoms with Crippen LogP contribution < -0.4 is 0 Å². The minimum Gasteiger partial charge on any atom is -0.342 e. The van der Waals surface area contributed by atoms with Crippen LogP contribution >= 0.6 is 0 Å². The minimum atomic E-state index is -4.68. The van der Waals surface area contributed by atoms with Crippen LogP contribution in [0.25, 0.3) is 11.4 Å². The lowest BCUT2D eigenvalue weighted by molar-refractivity contribution is -0.159. The number of carbonyl (C=O) groups excluding carboxylic acids is 1. The lowest BCUT2D eigenvalue weighted by Gasteiger charge is -2.15. The first kappa shape index (κ1) is 16.0. The Morgan fingerprint density at radius 2 is 1.91 bits per heavy atom. The van der Waals surface area contributed by atoms with Gasteiger partial charge in [0.05, 0.1) is 0 Å². The van der Waals surface area contributed by atoms with E-state index >= 15 is 0 Å². The summed E-state index contributed by atoms with van der Waals surface area (Å²) in [7, 11) is 1.69. The summed E-state index contributed by atoms with van der Waals surface area (Å²) in [6.07, 6.45) is -3.84. The summed E-state index contributed by atoms with van der Waals surface area (Å²) >= 11 is 0. The van der Waals surface area contributed by atoms with Gasteiger partial charge in [0.15, 0.2) is 0 Å². The van der Waals surface area contributed by atoms with Crippen LogP contribution in [0.3, 0.4) is 0 Å². The first-order valence-corrected chi connectivity index (χ1v) is 6.59. The number of alkyl halides is 3. The lowest BCUT2D eigenvalue weighted by atomic mass is 10.1. The molecule has 0 aliphatic rings. The molecule has 0 fully saturated rings. The number of aromatic nitrogens is 2. The van der Waals surface area contributed by atoms with Crippen molar-refractivity contribution in [2.45, 2.75) is 19.5 Å². The average Bonchev–Trinajstić information content (AvgIpc) is 2.97. The van der Waals surface area contributed by atoms with Gasteiger partial charge in [-0.25, -0.2) is 0 Å². The zero-order valence-electron chi connectivity index (χ0n) is 12.0. The van der Waals surface area contributed by atoms with Gasteiger partial charge in [-0.05, 0) is 18.6 Å². The van der Waals surface area contributed by atoms with Gasteiger partial charge in [-0.1, -0.05) is 24.2 Å². The molecule has 2 aromatic rings. The van der Waals surface area contributed by atoms with Crippen LogP contribution in [0, 0.1) is 0 Å². The summed E-state index contributed by atoms with van der Waals surface area (Å²) in [5, 5.41) is 3.29. The maximum Gasteiger partial charge on any atom is 0.471 e. The fourth-order valence-electron chi connectivity index (χ4n) is 1.88. The van der Waals surface area contributed by atoms with Crippen molar-refractivity contribution in [1.82, 2.24) is 15.0 Å². The number of hydrogen-bond acceptors (Lipinski definition) is 4. The van der Waals surface area contributed by atoms with Crippen molar-refractivity contribution in [1.29, 1.82) is 0 Å². The quantitative estimate of drug-likeness (QED) is 0.869. The highest BCUT2D eigenvalue weighted by Crippen LogP contribution is 2.29. The Kier molecular flexibility index (Phi) is 4.48. The number of carbonyl (C=O) groups is 1. The van der Waals surface area contributed by atoms with E-state index in [9.17, 15) is 18.0 Å². The molecule has 0 bridgehead atoms. The predicted octanol–water partition coefficient (Wildman–Crippen LogP) is 3.24. The number of hydrogen-bond donors (Lipinski definition) is 0. The Morgan fingerprint density at radius 1 is 1.27 bits per heavy atom. The second kappa shape index (κ2) is 6.17. The zero-order chi connectivity index (χ0) is 16.3. The molecule has 22 heavy (non-hydrogen) atoms. The molecule has 8 heteroatoms. The van der Waals surface area contributed by atoms with Crippen molar-refractivity contribution in [3.05, 3.63) is 35.7 Å². The molecule has 0 saturated heterocycles. The standard InChI is InChI=1S/C14H14F3N3O2/c1-3-8-20(2)12(21)10-6-4-9(5-7-10)11-18-13(22-19-11)14(15,16)17/h4-7H,3,8H2,1-2H3. The van der Waals surface area contributed by atoms with E-state index in [0.717, 1.165) is 6.42 Å². The maximum atomic E-state index is 12.4. The van der Waals surface area contributed by atoms with Gasteiger partial charge in [-0.15, -0.1) is 0 Å². The fraction of sp³-hybridized carbons (Fsp3) is 0.357. The molecule has 0 radical (unpaired) electrons. The van der Waals surface area contributed by atoms with Crippen molar-refractivity contribution in [2.75, 3.05) is 13.6 Å². The summed E-state index contributed by atoms with van der Waals surface area (Å²) in [6.45, 7) is 2.59. The zero-order valence-corrected chi connectivity index (χ0v) is 12.0. The van der Waals surface area contributed by atoms with Crippen molar-refractivity contribution >= 4 is 5.91 Å². The molecule has 0 aliphatic heterocycles. The monoisotopic (exact) mass is 313 g/mol. The fourth-order valence-corrected chi connectivity index (χ4v) is 1.88. The molecule has 1 heterocycles. The second-order valence-electron chi connectivity index (χ2n) is 4.72. The van der Waals surface area contributed by atoms with Gasteiger partial charge in [-0.3, -0.25) is 4.79 Å². The molecule has 0 unspecified atom stereocenters. The third-order valence-electron chi connectivity index (χ3n) is 2.96. The first-order valence-electron chi connectivity index (χ1n) is 6.59. The highest BCUT2D eigenvalue weighted by Gasteiger charge is 2.38. The Bertz CT molecular complexity index is 650. The summed E-state index contributed by atoms with van der Waals surface area (Å²) in [6, 6.07) is 6.01. The van der Waals surface area contributed by atoms with Gasteiger partial charge in [0.25, 0.3) is 5.91 Å². The van der Waals surface area contributed by atoms with Crippen LogP contribution in [0.2, 0.25) is 0 Å². The highest BCUT2D eigenvalue weighted by molar-refractivity contribution is 5.94. The normalized spacial score (nSPS) is 11.5. The molecule has 0 saturated carbocycles. The Hall–Kier alpha value is -2.38. The Labute approximate surface area is 124 Å². The molecule has 1 amide bonds. The highest BCUT2D eigenvalue weighted by atomic mass is 19.4. The largest absolute Gasteiger partial charge is 0.471 e. The summed E-state index contributed by atoms with van der Waals surface area (Å²) in [5.74, 6) is -1.73. The third kappa shape index (κ3) is 3.44. The average molecular weight is 313 g/mol. The molecule has 0 atom stereocenters. The Morgan fingerprint density at radius 3 is 2.41 bits per heavy atom. The molecular weight excluding hydrogens is 299 g/mol. The van der Waals surface area contributed by atoms with Crippen molar-refractivity contribution in [2.24, 2.45) is 0 Å². The number of halogens is 3. The lowest BCUT2D eigenvalue weighted by Crippen LogP contribution is -2.27. The molecule has 1 aromatic heterocycles. The van der Waals surface area contributed by atoms with Crippen molar-refractivity contribution in [3.8, 4) is 11.4 Å². The van der Waals surface area contributed by atoms with E-state index in [-0.39, 0.29) is 11.7 Å². The minimum absolute atomic E-state index is 0.155. The van der Waals surface area contributed by atoms with Crippen molar-refractivity contribution < 1.29 is 22.5 Å². The second-order valence-corrected chi connectivity index (χ2v) is 4.72. The van der Waals surface area contributed by atoms with Crippen LogP contribution in [0.1, 0.15) is 29.6 Å². The number of rotatable bonds is 4. The van der Waals surface area contributed by atoms with Crippen LogP contribution in [0.15, 0.2) is 28.8 Å². The summed E-state index contributed by atoms with van der Waals surface area (Å²) in [5.41, 5.74) is 0.785. The number of nitrogens with zero attached hydrogens (tertiary/aromatic N) is 3. The van der Waals surface area contributed by atoms with E-state index in [1.807, 2.05) is 6.92 Å². The molecule has 1 aromatic carbocycles. The van der Waals surface area contributed by atoms with Gasteiger partial charge < -0.3 is 9.42 Å². The van der Waals surface area contributed by atoms with Gasteiger partial charge in [0.2, 0.25) is 5.82 Å². The molecule has 0 N–H and O–H groups in total. The van der Waals surface area contributed by atoms with Gasteiger partial charge in [0, 0.05) is 24.7 Å². The van der Waals surface area contributed by atoms with Crippen LogP contribution in [-0.2, 0) is 6.18 Å². The molecular formula is C14H14F3N3O2. The molecule has 118 valence electrons. The molecule has 5 nitrogen and oxygen atoms in total. The molecule has 2 rings (SSSR count). The topological polar surface area (TPSA) is 59.2 Å². The van der Waals surface area contributed by atoms with E-state index in [2.05, 4.69) is 14.7 Å². The predicted molar refractivity (Wildman–Crippen MR) is 72.0 cm³/mol. The smallest absolute Gasteiger partial charge is 0.342 e. The first-order chi connectivity index (χ1) is 10.3. The number of benzene rings is 1. The van der Waals surface area contributed by atoms with Crippen molar-refractivity contribution in [3.63, 3.8) is 0 Å². The SMILES string of the molecule is CCCN(C)C(=O)c1ccc(-c2noc(C(F)(F)F)n2)cc1. The van der Waals surface area contributed by atoms with Crippen LogP contribution in [0.5, 0.6) is 0 Å². The third-order valence-corrected chi connectivity index (χ3v) is 2.96. The van der Waals surface area contributed by atoms with Gasteiger partial charge in [0.1, 0.15) is 0 Å². The van der Waals surface area contributed by atoms with Crippen LogP contribution in [-0.4, -0.2) is 34.5 Å². The summed E-state index contributed by atoms with van der Waals surface area (Å²) in [4.78, 5) is 16.9. The van der Waals surface area contributed by atoms with E-state index < -0.39 is 12.1 Å².